The molecule has 0 saturated carbocycles. The molecule has 18 heavy (non-hydrogen) atoms. The average molecular weight is 253 g/mol. The molecule has 1 aromatic rings. The van der Waals surface area contributed by atoms with Gasteiger partial charge in [-0.3, -0.25) is 14.3 Å². The summed E-state index contributed by atoms with van der Waals surface area (Å²) in [6.07, 6.45) is 0.256. The van der Waals surface area contributed by atoms with Crippen LogP contribution in [-0.4, -0.2) is 33.4 Å². The Kier molecular flexibility index (Phi) is 3.47. The monoisotopic (exact) mass is 253 g/mol. The van der Waals surface area contributed by atoms with Gasteiger partial charge in [-0.2, -0.15) is 0 Å². The molecule has 1 saturated heterocycles. The van der Waals surface area contributed by atoms with Gasteiger partial charge in [-0.25, -0.2) is 4.79 Å². The summed E-state index contributed by atoms with van der Waals surface area (Å²) in [7, 11) is 0. The Labute approximate surface area is 100 Å². The second kappa shape index (κ2) is 5.05. The van der Waals surface area contributed by atoms with Gasteiger partial charge in [0.15, 0.2) is 0 Å². The maximum Gasteiger partial charge on any atom is 0.330 e. The molecular weight excluding hydrogens is 242 g/mol. The summed E-state index contributed by atoms with van der Waals surface area (Å²) in [5, 5.41) is 12.6. The van der Waals surface area contributed by atoms with Crippen LogP contribution in [0.5, 0.6) is 0 Å². The molecule has 1 aliphatic rings. The highest BCUT2D eigenvalue weighted by molar-refractivity contribution is 4.90. The number of H-pyrrole nitrogens is 1. The predicted octanol–water partition coefficient (Wildman–Crippen LogP) is -0.505. The molecule has 0 aromatic carbocycles. The zero-order chi connectivity index (χ0) is 13.1. The molecule has 1 aromatic heterocycles. The number of rotatable bonds is 3. The normalized spacial score (nSPS) is 26.8. The lowest BCUT2D eigenvalue weighted by Gasteiger charge is -2.13. The minimum Gasteiger partial charge on any atom is -0.394 e. The second-order valence-corrected chi connectivity index (χ2v) is 3.84. The highest BCUT2D eigenvalue weighted by Gasteiger charge is 2.35. The molecule has 1 aliphatic heterocycles. The first-order valence-corrected chi connectivity index (χ1v) is 5.27. The Bertz CT molecular complexity index is 587. The van der Waals surface area contributed by atoms with Crippen molar-refractivity contribution in [1.29, 1.82) is 0 Å². The van der Waals surface area contributed by atoms with E-state index in [-0.39, 0.29) is 13.0 Å². The van der Waals surface area contributed by atoms with Crippen LogP contribution in [0.15, 0.2) is 27.0 Å². The van der Waals surface area contributed by atoms with E-state index < -0.39 is 29.6 Å². The summed E-state index contributed by atoms with van der Waals surface area (Å²) in [4.78, 5) is 27.2. The van der Waals surface area contributed by atoms with Gasteiger partial charge < -0.3 is 9.84 Å². The fourth-order valence-electron chi connectivity index (χ4n) is 1.89. The van der Waals surface area contributed by atoms with Crippen molar-refractivity contribution >= 4 is 0 Å². The lowest BCUT2D eigenvalue weighted by atomic mass is 10.1. The molecule has 0 aliphatic carbocycles. The molecular formula is C9H11N5O4. The average Bonchev–Trinajstić information content (AvgIpc) is 2.72. The maximum absolute atomic E-state index is 11.5. The smallest absolute Gasteiger partial charge is 0.330 e. The molecule has 2 heterocycles. The van der Waals surface area contributed by atoms with Crippen LogP contribution in [0, 0.1) is 0 Å². The second-order valence-electron chi connectivity index (χ2n) is 3.84. The van der Waals surface area contributed by atoms with Crippen molar-refractivity contribution in [2.75, 3.05) is 6.61 Å². The zero-order valence-electron chi connectivity index (χ0n) is 9.26. The lowest BCUT2D eigenvalue weighted by Crippen LogP contribution is -2.31. The number of hydrogen-bond donors (Lipinski definition) is 2. The van der Waals surface area contributed by atoms with Crippen LogP contribution < -0.4 is 11.2 Å². The molecule has 0 spiro atoms. The van der Waals surface area contributed by atoms with Crippen LogP contribution in [0.4, 0.5) is 0 Å². The Morgan fingerprint density at radius 2 is 2.44 bits per heavy atom. The molecule has 9 nitrogen and oxygen atoms in total. The third kappa shape index (κ3) is 2.28. The maximum atomic E-state index is 11.5. The molecule has 1 unspecified atom stereocenters. The highest BCUT2D eigenvalue weighted by atomic mass is 16.5. The van der Waals surface area contributed by atoms with Gasteiger partial charge in [0.25, 0.3) is 5.56 Å². The zero-order valence-corrected chi connectivity index (χ0v) is 9.26. The standard InChI is InChI=1S/C9H11N5O4/c10-13-12-5-3-8(18-6(5)4-15)14-2-1-7(16)11-9(14)17/h1-2,5-6,8,15H,3-4H2,(H,11,16,17)/t5-,6+,8?/m0/s1. The van der Waals surface area contributed by atoms with E-state index in [1.54, 1.807) is 0 Å². The minimum absolute atomic E-state index is 0.265. The van der Waals surface area contributed by atoms with Crippen molar-refractivity contribution in [2.45, 2.75) is 24.8 Å². The Hall–Kier alpha value is -2.09. The predicted molar refractivity (Wildman–Crippen MR) is 59.9 cm³/mol. The number of nitrogens with one attached hydrogen (secondary N) is 1. The largest absolute Gasteiger partial charge is 0.394 e. The number of aromatic nitrogens is 2. The number of ether oxygens (including phenoxy) is 1. The van der Waals surface area contributed by atoms with Crippen molar-refractivity contribution in [3.63, 3.8) is 0 Å². The first-order chi connectivity index (χ1) is 8.65. The summed E-state index contributed by atoms with van der Waals surface area (Å²) < 4.78 is 6.60. The molecule has 0 amide bonds. The van der Waals surface area contributed by atoms with E-state index in [0.29, 0.717) is 0 Å². The molecule has 1 fully saturated rings. The number of azide groups is 1. The molecule has 3 atom stereocenters. The fraction of sp³-hybridized carbons (Fsp3) is 0.556. The van der Waals surface area contributed by atoms with Gasteiger partial charge in [0.2, 0.25) is 0 Å². The Morgan fingerprint density at radius 1 is 1.67 bits per heavy atom. The fourth-order valence-corrected chi connectivity index (χ4v) is 1.89. The van der Waals surface area contributed by atoms with Crippen molar-refractivity contribution in [3.05, 3.63) is 43.5 Å². The van der Waals surface area contributed by atoms with Crippen molar-refractivity contribution in [3.8, 4) is 0 Å². The van der Waals surface area contributed by atoms with Crippen LogP contribution in [0.25, 0.3) is 10.4 Å². The number of aromatic amines is 1. The van der Waals surface area contributed by atoms with Crippen LogP contribution in [0.3, 0.4) is 0 Å². The molecule has 2 rings (SSSR count). The first kappa shape index (κ1) is 12.4. The van der Waals surface area contributed by atoms with Gasteiger partial charge in [-0.15, -0.1) is 0 Å². The summed E-state index contributed by atoms with van der Waals surface area (Å²) >= 11 is 0. The summed E-state index contributed by atoms with van der Waals surface area (Å²) in [5.41, 5.74) is 7.29. The van der Waals surface area contributed by atoms with Crippen LogP contribution in [0.1, 0.15) is 12.6 Å². The van der Waals surface area contributed by atoms with Crippen molar-refractivity contribution in [1.82, 2.24) is 9.55 Å². The van der Waals surface area contributed by atoms with Gasteiger partial charge in [0, 0.05) is 23.6 Å². The number of aliphatic hydroxyl groups excluding tert-OH is 1. The topological polar surface area (TPSA) is 133 Å². The first-order valence-electron chi connectivity index (χ1n) is 5.27. The van der Waals surface area contributed by atoms with E-state index in [0.717, 1.165) is 0 Å². The lowest BCUT2D eigenvalue weighted by molar-refractivity contribution is -0.0270. The van der Waals surface area contributed by atoms with Crippen LogP contribution in [-0.2, 0) is 4.74 Å². The number of nitrogens with zero attached hydrogens (tertiary/aromatic N) is 4. The van der Waals surface area contributed by atoms with Gasteiger partial charge in [-0.1, -0.05) is 5.11 Å². The van der Waals surface area contributed by atoms with Crippen LogP contribution >= 0.6 is 0 Å². The summed E-state index contributed by atoms with van der Waals surface area (Å²) in [6, 6.07) is 0.656. The Morgan fingerprint density at radius 3 is 3.06 bits per heavy atom. The quantitative estimate of drug-likeness (QED) is 0.426. The minimum atomic E-state index is -0.665. The molecule has 96 valence electrons. The van der Waals surface area contributed by atoms with Gasteiger partial charge in [0.1, 0.15) is 6.23 Å². The third-order valence-corrected chi connectivity index (χ3v) is 2.75. The molecule has 9 heteroatoms. The Balaban J connectivity index is 2.28. The molecule has 0 radical (unpaired) electrons. The van der Waals surface area contributed by atoms with E-state index >= 15 is 0 Å². The van der Waals surface area contributed by atoms with E-state index in [1.165, 1.54) is 16.8 Å². The van der Waals surface area contributed by atoms with Crippen molar-refractivity contribution in [2.24, 2.45) is 5.11 Å². The van der Waals surface area contributed by atoms with Gasteiger partial charge >= 0.3 is 5.69 Å². The summed E-state index contributed by atoms with van der Waals surface area (Å²) in [5.74, 6) is 0. The van der Waals surface area contributed by atoms with Crippen LogP contribution in [0.2, 0.25) is 0 Å². The highest BCUT2D eigenvalue weighted by Crippen LogP contribution is 2.29. The molecule has 0 bridgehead atoms. The number of aliphatic hydroxyl groups is 1. The van der Waals surface area contributed by atoms with Gasteiger partial charge in [-0.05, 0) is 5.53 Å². The summed E-state index contributed by atoms with van der Waals surface area (Å²) in [6.45, 7) is -0.307. The van der Waals surface area contributed by atoms with E-state index in [2.05, 4.69) is 15.0 Å². The van der Waals surface area contributed by atoms with Crippen molar-refractivity contribution < 1.29 is 9.84 Å². The molecule has 2 N–H and O–H groups in total. The van der Waals surface area contributed by atoms with E-state index in [1.807, 2.05) is 0 Å². The SMILES string of the molecule is [N-]=[N+]=N[C@H]1CC(n2ccc(=O)[nH]c2=O)O[C@@H]1CO. The van der Waals surface area contributed by atoms with E-state index in [9.17, 15) is 9.59 Å². The van der Waals surface area contributed by atoms with Gasteiger partial charge in [0.05, 0.1) is 18.8 Å². The number of hydrogen-bond acceptors (Lipinski definition) is 5. The third-order valence-electron chi connectivity index (χ3n) is 2.75. The van der Waals surface area contributed by atoms with E-state index in [4.69, 9.17) is 15.4 Å².